The minimum atomic E-state index is -1.60. The maximum atomic E-state index is 14.4. The Hall–Kier alpha value is -7.22. The van der Waals surface area contributed by atoms with Crippen molar-refractivity contribution < 1.29 is 62.8 Å². The third-order valence-electron chi connectivity index (χ3n) is 12.8. The van der Waals surface area contributed by atoms with Gasteiger partial charge >= 0.3 is 5.97 Å². The lowest BCUT2D eigenvalue weighted by atomic mass is 10.0. The Bertz CT molecular complexity index is 2250. The summed E-state index contributed by atoms with van der Waals surface area (Å²) in [6.45, 7) is -0.132. The average molecular weight is 1130 g/mol. The number of guanidine groups is 1. The number of rotatable bonds is 39. The van der Waals surface area contributed by atoms with Crippen molar-refractivity contribution in [3.63, 3.8) is 0 Å². The summed E-state index contributed by atoms with van der Waals surface area (Å²) in [7, 11) is 2.85. The second-order valence-electron chi connectivity index (χ2n) is 18.9. The van der Waals surface area contributed by atoms with Gasteiger partial charge in [0, 0.05) is 26.1 Å². The van der Waals surface area contributed by atoms with Crippen LogP contribution >= 0.6 is 0 Å². The quantitative estimate of drug-likeness (QED) is 0.0126. The molecule has 8 atom stereocenters. The summed E-state index contributed by atoms with van der Waals surface area (Å²) in [5, 5.41) is 38.2. The second-order valence-corrected chi connectivity index (χ2v) is 18.9. The molecule has 0 aromatic heterocycles. The molecule has 1 heterocycles. The number of nitrogens with two attached hydrogens (primary N) is 8. The molecule has 0 saturated carbocycles. The van der Waals surface area contributed by atoms with Crippen LogP contribution in [0.1, 0.15) is 89.0 Å². The Kier molecular flexibility index (Phi) is 32.4. The van der Waals surface area contributed by atoms with E-state index < -0.39 is 120 Å². The minimum Gasteiger partial charge on any atom is -0.493 e. The number of carbonyl (C=O) groups is 9. The van der Waals surface area contributed by atoms with E-state index in [1.807, 2.05) is 0 Å². The van der Waals surface area contributed by atoms with E-state index in [-0.39, 0.29) is 96.5 Å². The lowest BCUT2D eigenvalue weighted by Crippen LogP contribution is -2.61. The Morgan fingerprint density at radius 2 is 1.31 bits per heavy atom. The lowest BCUT2D eigenvalue weighted by molar-refractivity contribution is -0.142. The molecule has 25 N–H and O–H groups in total. The van der Waals surface area contributed by atoms with Gasteiger partial charge in [-0.15, -0.1) is 0 Å². The van der Waals surface area contributed by atoms with Crippen LogP contribution in [-0.4, -0.2) is 189 Å². The Morgan fingerprint density at radius 3 is 1.91 bits per heavy atom. The van der Waals surface area contributed by atoms with E-state index in [0.717, 1.165) is 0 Å². The topological polar surface area (TPSA) is 521 Å². The third-order valence-corrected chi connectivity index (χ3v) is 12.8. The van der Waals surface area contributed by atoms with Gasteiger partial charge in [0.2, 0.25) is 47.3 Å². The summed E-state index contributed by atoms with van der Waals surface area (Å²) in [5.74, 6) is -7.46. The van der Waals surface area contributed by atoms with Crippen LogP contribution in [0.4, 0.5) is 0 Å². The average Bonchev–Trinajstić information content (AvgIpc) is 3.98. The van der Waals surface area contributed by atoms with E-state index in [9.17, 15) is 53.4 Å². The highest BCUT2D eigenvalue weighted by Crippen LogP contribution is 2.28. The van der Waals surface area contributed by atoms with Gasteiger partial charge in [-0.05, 0) is 121 Å². The van der Waals surface area contributed by atoms with Crippen LogP contribution in [0.2, 0.25) is 0 Å². The summed E-state index contributed by atoms with van der Waals surface area (Å²) in [6.07, 6.45) is 2.73. The smallest absolute Gasteiger partial charge is 0.352 e. The zero-order chi connectivity index (χ0) is 59.7. The summed E-state index contributed by atoms with van der Waals surface area (Å²) >= 11 is 0. The number of likely N-dealkylation sites (tertiary alicyclic amines) is 1. The fourth-order valence-electron chi connectivity index (χ4n) is 8.41. The largest absolute Gasteiger partial charge is 0.493 e. The highest BCUT2D eigenvalue weighted by atomic mass is 16.5. The van der Waals surface area contributed by atoms with Crippen LogP contribution in [-0.2, 0) is 49.6 Å². The van der Waals surface area contributed by atoms with Crippen molar-refractivity contribution >= 4 is 59.2 Å². The van der Waals surface area contributed by atoms with Crippen molar-refractivity contribution in [1.29, 1.82) is 0 Å². The molecular weight excluding hydrogens is 1050 g/mol. The number of nitrogens with one attached hydrogen (secondary N) is 7. The number of carbonyl (C=O) groups excluding carboxylic acids is 8. The van der Waals surface area contributed by atoms with Crippen LogP contribution in [0, 0.1) is 0 Å². The molecule has 0 radical (unpaired) electrons. The van der Waals surface area contributed by atoms with Gasteiger partial charge in [-0.1, -0.05) is 18.6 Å². The Morgan fingerprint density at radius 1 is 0.713 bits per heavy atom. The number of hydrogen-bond acceptors (Lipinski definition) is 19. The van der Waals surface area contributed by atoms with Gasteiger partial charge in [0.25, 0.3) is 0 Å². The van der Waals surface area contributed by atoms with Gasteiger partial charge in [-0.2, -0.15) is 0 Å². The van der Waals surface area contributed by atoms with E-state index in [4.69, 9.17) is 55.3 Å². The van der Waals surface area contributed by atoms with Crippen molar-refractivity contribution in [2.75, 3.05) is 66.6 Å². The molecule has 1 aromatic rings. The first-order chi connectivity index (χ1) is 38.2. The number of aliphatic hydroxyl groups excluding tert-OH is 1. The molecule has 2 rings (SSSR count). The number of amides is 8. The molecule has 30 heteroatoms. The molecular formula is C50H87N17O13. The SMILES string of the molecule is COc1ccc(C[C@H](NC(=O)[C@@H]2CCCN2C(=O)[C@@H](CCCN)NC(=O)CNC(=O)[C@H](CCCN)NC(=O)[C@H](NC(=O)[C@@H](N)CCCCN)[C@@H](O)CN)C(=O)N[C@@H](CCCCN)C(=O)N/C(=C\CCN=C(N)N)C(=O)O)cc1OC. The van der Waals surface area contributed by atoms with Crippen molar-refractivity contribution in [2.24, 2.45) is 50.9 Å². The number of methoxy groups -OCH3 is 2. The molecule has 1 saturated heterocycles. The summed E-state index contributed by atoms with van der Waals surface area (Å²) < 4.78 is 10.8. The summed E-state index contributed by atoms with van der Waals surface area (Å²) in [6, 6.07) is -4.24. The normalized spacial score (nSPS) is 15.8. The predicted octanol–water partition coefficient (Wildman–Crippen LogP) is -6.09. The number of benzene rings is 1. The van der Waals surface area contributed by atoms with Crippen molar-refractivity contribution in [2.45, 2.75) is 138 Å². The third kappa shape index (κ3) is 24.0. The molecule has 450 valence electrons. The zero-order valence-corrected chi connectivity index (χ0v) is 45.9. The monoisotopic (exact) mass is 1130 g/mol. The number of carboxylic acids is 1. The summed E-state index contributed by atoms with van der Waals surface area (Å²) in [4.78, 5) is 128. The van der Waals surface area contributed by atoms with E-state index in [1.165, 1.54) is 25.2 Å². The fraction of sp³-hybridized carbons (Fsp3) is 0.640. The van der Waals surface area contributed by atoms with Crippen LogP contribution in [0.5, 0.6) is 11.5 Å². The van der Waals surface area contributed by atoms with Crippen LogP contribution < -0.4 is 92.6 Å². The number of hydrogen-bond donors (Lipinski definition) is 17. The van der Waals surface area contributed by atoms with Gasteiger partial charge in [0.1, 0.15) is 41.9 Å². The molecule has 0 spiro atoms. The van der Waals surface area contributed by atoms with Gasteiger partial charge in [-0.3, -0.25) is 43.3 Å². The molecule has 8 amide bonds. The minimum absolute atomic E-state index is 0.0138. The van der Waals surface area contributed by atoms with E-state index in [1.54, 1.807) is 18.2 Å². The maximum absolute atomic E-state index is 14.4. The number of aliphatic hydroxyl groups is 1. The number of ether oxygens (including phenoxy) is 2. The molecule has 1 aliphatic rings. The van der Waals surface area contributed by atoms with E-state index in [2.05, 4.69) is 42.2 Å². The van der Waals surface area contributed by atoms with E-state index in [0.29, 0.717) is 55.7 Å². The van der Waals surface area contributed by atoms with Gasteiger partial charge < -0.3 is 108 Å². The van der Waals surface area contributed by atoms with Crippen LogP contribution in [0.3, 0.4) is 0 Å². The first-order valence-corrected chi connectivity index (χ1v) is 26.7. The number of unbranched alkanes of at least 4 members (excludes halogenated alkanes) is 2. The zero-order valence-electron chi connectivity index (χ0n) is 45.9. The highest BCUT2D eigenvalue weighted by Gasteiger charge is 2.40. The molecule has 80 heavy (non-hydrogen) atoms. The number of carboxylic acid groups (broad SMARTS) is 1. The van der Waals surface area contributed by atoms with Crippen molar-refractivity contribution in [1.82, 2.24) is 42.1 Å². The molecule has 1 aromatic carbocycles. The maximum Gasteiger partial charge on any atom is 0.352 e. The predicted molar refractivity (Wildman–Crippen MR) is 295 cm³/mol. The van der Waals surface area contributed by atoms with Crippen molar-refractivity contribution in [3.8, 4) is 11.5 Å². The summed E-state index contributed by atoms with van der Waals surface area (Å²) in [5.41, 5.74) is 45.1. The van der Waals surface area contributed by atoms with Gasteiger partial charge in [0.15, 0.2) is 17.5 Å². The number of aliphatic imine (C=N–C) groups is 1. The van der Waals surface area contributed by atoms with Crippen LogP contribution in [0.25, 0.3) is 0 Å². The lowest BCUT2D eigenvalue weighted by Gasteiger charge is -2.30. The second kappa shape index (κ2) is 37.6. The molecule has 30 nitrogen and oxygen atoms in total. The standard InChI is InChI=1S/C50H87N17O13/c1-79-38-18-17-29(26-39(38)80-2)25-35(45(73)62-32(12-4-6-20-52)44(72)64-34(49(77)78)15-9-23-59-50(57)58)65-46(74)36-16-10-24-67(36)48(76)33(14-8-22-54)61-40(69)28-60-43(71)31(13-7-21-53)63-47(75)41(37(68)27-55)66-42(70)30(56)11-3-5-19-51/h15,17-18,26,30-33,35-37,41,68H,3-14,16,19-25,27-28,51-56H2,1-2H3,(H,60,71)(H,61,69)(H,62,73)(H,63,75)(H,64,72)(H,65,74)(H,66,70)(H,77,78)(H4,57,58,59)/b34-15-/t30-,31-,32-,33+,35-,36-,37-,41+/m0/s1. The van der Waals surface area contributed by atoms with Crippen molar-refractivity contribution in [3.05, 3.63) is 35.5 Å². The Labute approximate surface area is 465 Å². The van der Waals surface area contributed by atoms with Gasteiger partial charge in [0.05, 0.1) is 32.9 Å². The number of aliphatic carboxylic acids is 1. The molecule has 0 unspecified atom stereocenters. The number of nitrogens with zero attached hydrogens (tertiary/aromatic N) is 2. The first-order valence-electron chi connectivity index (χ1n) is 26.7. The Balaban J connectivity index is 2.38. The first kappa shape index (κ1) is 68.9. The van der Waals surface area contributed by atoms with Gasteiger partial charge in [-0.25, -0.2) is 4.79 Å². The van der Waals surface area contributed by atoms with Crippen LogP contribution in [0.15, 0.2) is 35.0 Å². The molecule has 0 aliphatic carbocycles. The molecule has 0 bridgehead atoms. The molecule has 1 fully saturated rings. The molecule has 1 aliphatic heterocycles. The highest BCUT2D eigenvalue weighted by molar-refractivity contribution is 5.99. The fourth-order valence-corrected chi connectivity index (χ4v) is 8.41. The van der Waals surface area contributed by atoms with E-state index >= 15 is 0 Å².